The summed E-state index contributed by atoms with van der Waals surface area (Å²) in [4.78, 5) is 4.54. The smallest absolute Gasteiger partial charge is 0.137 e. The molecule has 0 saturated heterocycles. The highest BCUT2D eigenvalue weighted by Gasteiger charge is 2.22. The number of rotatable bonds is 2. The molecule has 0 spiro atoms. The second-order valence-electron chi connectivity index (χ2n) is 4.61. The van der Waals surface area contributed by atoms with E-state index in [0.29, 0.717) is 0 Å². The summed E-state index contributed by atoms with van der Waals surface area (Å²) in [6, 6.07) is 14.5. The first kappa shape index (κ1) is 12.2. The Hall–Kier alpha value is -1.81. The van der Waals surface area contributed by atoms with Crippen LogP contribution in [0.25, 0.3) is 0 Å². The van der Waals surface area contributed by atoms with Crippen LogP contribution in [0.4, 0.5) is 0 Å². The molecular formula is C15H15N3S. The van der Waals surface area contributed by atoms with E-state index >= 15 is 0 Å². The Morgan fingerprint density at radius 1 is 1.05 bits per heavy atom. The molecule has 4 heteroatoms. The summed E-state index contributed by atoms with van der Waals surface area (Å²) in [6.45, 7) is 4.09. The molecule has 0 aliphatic carbocycles. The molecule has 2 heterocycles. The fourth-order valence-corrected chi connectivity index (χ4v) is 2.91. The zero-order valence-corrected chi connectivity index (χ0v) is 11.7. The summed E-state index contributed by atoms with van der Waals surface area (Å²) in [7, 11) is 0. The van der Waals surface area contributed by atoms with Crippen molar-refractivity contribution in [2.45, 2.75) is 19.2 Å². The van der Waals surface area contributed by atoms with Gasteiger partial charge in [0.15, 0.2) is 0 Å². The third-order valence-electron chi connectivity index (χ3n) is 2.99. The Labute approximate surface area is 117 Å². The van der Waals surface area contributed by atoms with Gasteiger partial charge < -0.3 is 0 Å². The van der Waals surface area contributed by atoms with Crippen molar-refractivity contribution in [3.63, 3.8) is 0 Å². The van der Waals surface area contributed by atoms with Crippen LogP contribution in [0.5, 0.6) is 0 Å². The number of hydrazone groups is 1. The first-order valence-corrected chi connectivity index (χ1v) is 7.11. The summed E-state index contributed by atoms with van der Waals surface area (Å²) in [5.41, 5.74) is 7.62. The molecule has 3 rings (SSSR count). The monoisotopic (exact) mass is 269 g/mol. The minimum atomic E-state index is 0.108. The molecule has 0 saturated carbocycles. The van der Waals surface area contributed by atoms with Crippen molar-refractivity contribution in [3.8, 4) is 0 Å². The van der Waals surface area contributed by atoms with Gasteiger partial charge in [0.1, 0.15) is 10.4 Å². The fraction of sp³-hybridized carbons (Fsp3) is 0.200. The molecule has 1 aromatic carbocycles. The number of nitrogens with one attached hydrogen (secondary N) is 1. The normalized spacial score (nSPS) is 18.0. The van der Waals surface area contributed by atoms with Crippen molar-refractivity contribution in [3.05, 3.63) is 65.0 Å². The Kier molecular flexibility index (Phi) is 3.25. The maximum absolute atomic E-state index is 4.54. The number of aryl methyl sites for hydroxylation is 2. The van der Waals surface area contributed by atoms with Gasteiger partial charge in [-0.1, -0.05) is 47.7 Å². The van der Waals surface area contributed by atoms with Crippen molar-refractivity contribution in [1.29, 1.82) is 0 Å². The predicted octanol–water partition coefficient (Wildman–Crippen LogP) is 3.40. The molecule has 3 nitrogen and oxygen atoms in total. The van der Waals surface area contributed by atoms with E-state index in [4.69, 9.17) is 0 Å². The number of hydrogen-bond acceptors (Lipinski definition) is 4. The van der Waals surface area contributed by atoms with E-state index in [9.17, 15) is 0 Å². The number of pyridine rings is 1. The average molecular weight is 269 g/mol. The lowest BCUT2D eigenvalue weighted by atomic mass is 10.2. The lowest BCUT2D eigenvalue weighted by molar-refractivity contribution is 0.722. The van der Waals surface area contributed by atoms with Crippen LogP contribution in [0.2, 0.25) is 0 Å². The molecular weight excluding hydrogens is 254 g/mol. The van der Waals surface area contributed by atoms with Gasteiger partial charge in [-0.2, -0.15) is 5.10 Å². The predicted molar refractivity (Wildman–Crippen MR) is 80.2 cm³/mol. The number of benzene rings is 1. The number of thioether (sulfide) groups is 1. The minimum Gasteiger partial charge on any atom is -0.289 e. The van der Waals surface area contributed by atoms with Gasteiger partial charge in [-0.3, -0.25) is 10.4 Å². The van der Waals surface area contributed by atoms with Gasteiger partial charge in [0.25, 0.3) is 0 Å². The average Bonchev–Trinajstić information content (AvgIpc) is 2.89. The van der Waals surface area contributed by atoms with Crippen LogP contribution in [-0.2, 0) is 0 Å². The lowest BCUT2D eigenvalue weighted by Gasteiger charge is -2.08. The summed E-state index contributed by atoms with van der Waals surface area (Å²) in [5.74, 6) is 0. The Morgan fingerprint density at radius 3 is 2.58 bits per heavy atom. The molecule has 1 aromatic heterocycles. The van der Waals surface area contributed by atoms with E-state index < -0.39 is 0 Å². The largest absolute Gasteiger partial charge is 0.289 e. The van der Waals surface area contributed by atoms with Crippen LogP contribution in [0.15, 0.2) is 47.6 Å². The van der Waals surface area contributed by atoms with Gasteiger partial charge in [0, 0.05) is 11.3 Å². The van der Waals surface area contributed by atoms with Gasteiger partial charge in [-0.25, -0.2) is 0 Å². The SMILES string of the molecule is Cc1ccc(C2=NN[C@@H](c3cccc(C)n3)S2)cc1. The Bertz CT molecular complexity index is 620. The standard InChI is InChI=1S/C15H15N3S/c1-10-6-8-12(9-7-10)14-17-18-15(19-14)13-5-3-4-11(2)16-13/h3-9,15,18H,1-2H3/t15-/m1/s1. The summed E-state index contributed by atoms with van der Waals surface area (Å²) in [6.07, 6.45) is 0. The Morgan fingerprint density at radius 2 is 1.84 bits per heavy atom. The van der Waals surface area contributed by atoms with Crippen molar-refractivity contribution in [2.75, 3.05) is 0 Å². The van der Waals surface area contributed by atoms with Gasteiger partial charge in [0.05, 0.1) is 5.69 Å². The fourth-order valence-electron chi connectivity index (χ4n) is 1.95. The van der Waals surface area contributed by atoms with Crippen LogP contribution in [-0.4, -0.2) is 10.0 Å². The van der Waals surface area contributed by atoms with E-state index in [-0.39, 0.29) is 5.37 Å². The highest BCUT2D eigenvalue weighted by Crippen LogP contribution is 2.33. The second-order valence-corrected chi connectivity index (χ2v) is 5.71. The molecule has 2 aromatic rings. The number of hydrogen-bond donors (Lipinski definition) is 1. The van der Waals surface area contributed by atoms with E-state index in [1.807, 2.05) is 25.1 Å². The molecule has 0 amide bonds. The molecule has 1 atom stereocenters. The molecule has 1 aliphatic heterocycles. The van der Waals surface area contributed by atoms with E-state index in [0.717, 1.165) is 22.0 Å². The minimum absolute atomic E-state index is 0.108. The topological polar surface area (TPSA) is 37.3 Å². The van der Waals surface area contributed by atoms with E-state index in [1.54, 1.807) is 11.8 Å². The lowest BCUT2D eigenvalue weighted by Crippen LogP contribution is -2.08. The van der Waals surface area contributed by atoms with Crippen molar-refractivity contribution < 1.29 is 0 Å². The Balaban J connectivity index is 1.78. The van der Waals surface area contributed by atoms with Crippen molar-refractivity contribution in [1.82, 2.24) is 10.4 Å². The molecule has 0 unspecified atom stereocenters. The van der Waals surface area contributed by atoms with E-state index in [2.05, 4.69) is 46.7 Å². The summed E-state index contributed by atoms with van der Waals surface area (Å²) >= 11 is 1.71. The molecule has 0 fully saturated rings. The molecule has 1 N–H and O–H groups in total. The van der Waals surface area contributed by atoms with Crippen molar-refractivity contribution >= 4 is 16.8 Å². The molecule has 19 heavy (non-hydrogen) atoms. The maximum atomic E-state index is 4.54. The van der Waals surface area contributed by atoms with Crippen LogP contribution < -0.4 is 5.43 Å². The summed E-state index contributed by atoms with van der Waals surface area (Å²) < 4.78 is 0. The highest BCUT2D eigenvalue weighted by molar-refractivity contribution is 8.14. The van der Waals surface area contributed by atoms with Crippen LogP contribution in [0.1, 0.15) is 27.9 Å². The third-order valence-corrected chi connectivity index (χ3v) is 4.12. The third kappa shape index (κ3) is 2.63. The maximum Gasteiger partial charge on any atom is 0.137 e. The van der Waals surface area contributed by atoms with Gasteiger partial charge in [-0.05, 0) is 26.0 Å². The molecule has 0 bridgehead atoms. The highest BCUT2D eigenvalue weighted by atomic mass is 32.2. The van der Waals surface area contributed by atoms with Crippen LogP contribution in [0.3, 0.4) is 0 Å². The van der Waals surface area contributed by atoms with E-state index in [1.165, 1.54) is 5.56 Å². The zero-order chi connectivity index (χ0) is 13.2. The van der Waals surface area contributed by atoms with Gasteiger partial charge in [-0.15, -0.1) is 0 Å². The first-order chi connectivity index (χ1) is 9.22. The molecule has 0 radical (unpaired) electrons. The first-order valence-electron chi connectivity index (χ1n) is 6.23. The number of nitrogens with zero attached hydrogens (tertiary/aromatic N) is 2. The van der Waals surface area contributed by atoms with Crippen molar-refractivity contribution in [2.24, 2.45) is 5.10 Å². The zero-order valence-electron chi connectivity index (χ0n) is 10.9. The quantitative estimate of drug-likeness (QED) is 0.908. The second kappa shape index (κ2) is 5.05. The van der Waals surface area contributed by atoms with Crippen LogP contribution >= 0.6 is 11.8 Å². The molecule has 1 aliphatic rings. The summed E-state index contributed by atoms with van der Waals surface area (Å²) in [5, 5.41) is 5.54. The van der Waals surface area contributed by atoms with Gasteiger partial charge in [0.2, 0.25) is 0 Å². The molecule has 96 valence electrons. The van der Waals surface area contributed by atoms with Gasteiger partial charge >= 0.3 is 0 Å². The van der Waals surface area contributed by atoms with Crippen LogP contribution in [0, 0.1) is 13.8 Å². The number of aromatic nitrogens is 1.